The Labute approximate surface area is 77.9 Å². The molecule has 0 saturated heterocycles. The quantitative estimate of drug-likeness (QED) is 0.726. The number of carboxylic acid groups (broad SMARTS) is 1. The van der Waals surface area contributed by atoms with Gasteiger partial charge >= 0.3 is 5.97 Å². The molecular formula is C7H6ClN3O2. The third-order valence-corrected chi connectivity index (χ3v) is 2.23. The zero-order chi connectivity index (χ0) is 9.59. The molecule has 13 heavy (non-hydrogen) atoms. The topological polar surface area (TPSA) is 70.9 Å². The second kappa shape index (κ2) is 2.50. The predicted octanol–water partition coefficient (Wildman–Crippen LogP) is 1.25. The molecule has 5 nitrogen and oxygen atoms in total. The van der Waals surface area contributed by atoms with Crippen molar-refractivity contribution in [3.63, 3.8) is 0 Å². The molecule has 0 saturated carbocycles. The van der Waals surface area contributed by atoms with Gasteiger partial charge in [-0.25, -0.2) is 4.79 Å². The Kier molecular flexibility index (Phi) is 1.56. The van der Waals surface area contributed by atoms with Crippen LogP contribution in [0.3, 0.4) is 0 Å². The fourth-order valence-corrected chi connectivity index (χ4v) is 1.35. The van der Waals surface area contributed by atoms with E-state index in [4.69, 9.17) is 16.7 Å². The third-order valence-electron chi connectivity index (χ3n) is 1.78. The predicted molar refractivity (Wildman–Crippen MR) is 47.0 cm³/mol. The maximum atomic E-state index is 10.6. The van der Waals surface area contributed by atoms with Crippen LogP contribution < -0.4 is 0 Å². The molecule has 2 N–H and O–H groups in total. The number of halogens is 1. The number of aromatic amines is 1. The van der Waals surface area contributed by atoms with Gasteiger partial charge in [-0.15, -0.1) is 0 Å². The molecule has 0 aliphatic rings. The average Bonchev–Trinajstić information content (AvgIpc) is 2.55. The van der Waals surface area contributed by atoms with Gasteiger partial charge in [0.25, 0.3) is 0 Å². The Morgan fingerprint density at radius 3 is 3.00 bits per heavy atom. The number of carboxylic acids is 1. The number of H-pyrrole nitrogens is 1. The van der Waals surface area contributed by atoms with E-state index in [1.807, 2.05) is 0 Å². The van der Waals surface area contributed by atoms with Gasteiger partial charge < -0.3 is 10.1 Å². The number of aromatic nitrogens is 3. The van der Waals surface area contributed by atoms with Crippen LogP contribution in [0.15, 0.2) is 6.07 Å². The molecule has 0 spiro atoms. The number of rotatable bonds is 1. The van der Waals surface area contributed by atoms with E-state index < -0.39 is 5.97 Å². The molecule has 0 bridgehead atoms. The van der Waals surface area contributed by atoms with Crippen LogP contribution in [0.5, 0.6) is 0 Å². The number of fused-ring (bicyclic) bond motifs is 1. The normalized spacial score (nSPS) is 10.9. The van der Waals surface area contributed by atoms with Crippen LogP contribution in [-0.2, 0) is 7.05 Å². The molecule has 2 aromatic heterocycles. The van der Waals surface area contributed by atoms with Gasteiger partial charge in [0.15, 0.2) is 5.65 Å². The summed E-state index contributed by atoms with van der Waals surface area (Å²) in [4.78, 5) is 13.2. The van der Waals surface area contributed by atoms with E-state index in [1.165, 1.54) is 10.7 Å². The van der Waals surface area contributed by atoms with Crippen LogP contribution in [-0.4, -0.2) is 25.8 Å². The SMILES string of the molecule is Cn1nc2[nH]c(C(=O)O)cc2c1Cl. The molecule has 0 amide bonds. The first-order valence-electron chi connectivity index (χ1n) is 3.54. The highest BCUT2D eigenvalue weighted by molar-refractivity contribution is 6.34. The summed E-state index contributed by atoms with van der Waals surface area (Å²) in [5.74, 6) is -1.02. The molecule has 0 aliphatic carbocycles. The van der Waals surface area contributed by atoms with Crippen LogP contribution in [0.25, 0.3) is 11.0 Å². The first kappa shape index (κ1) is 8.12. The molecule has 0 aliphatic heterocycles. The summed E-state index contributed by atoms with van der Waals surface area (Å²) in [5, 5.41) is 13.7. The van der Waals surface area contributed by atoms with E-state index in [2.05, 4.69) is 10.1 Å². The van der Waals surface area contributed by atoms with Crippen LogP contribution in [0.1, 0.15) is 10.5 Å². The van der Waals surface area contributed by atoms with Gasteiger partial charge in [-0.2, -0.15) is 5.10 Å². The van der Waals surface area contributed by atoms with E-state index >= 15 is 0 Å². The van der Waals surface area contributed by atoms with E-state index in [0.717, 1.165) is 0 Å². The largest absolute Gasteiger partial charge is 0.477 e. The van der Waals surface area contributed by atoms with E-state index in [9.17, 15) is 4.79 Å². The summed E-state index contributed by atoms with van der Waals surface area (Å²) in [6.45, 7) is 0. The van der Waals surface area contributed by atoms with Crippen molar-refractivity contribution in [1.82, 2.24) is 14.8 Å². The molecule has 0 unspecified atom stereocenters. The van der Waals surface area contributed by atoms with Gasteiger partial charge in [0.2, 0.25) is 0 Å². The van der Waals surface area contributed by atoms with Crippen LogP contribution in [0, 0.1) is 0 Å². The zero-order valence-electron chi connectivity index (χ0n) is 6.71. The van der Waals surface area contributed by atoms with Gasteiger partial charge in [0.1, 0.15) is 10.8 Å². The number of hydrogen-bond acceptors (Lipinski definition) is 2. The first-order valence-corrected chi connectivity index (χ1v) is 3.92. The Hall–Kier alpha value is -1.49. The second-order valence-electron chi connectivity index (χ2n) is 2.66. The van der Waals surface area contributed by atoms with E-state index in [1.54, 1.807) is 7.05 Å². The molecule has 2 heterocycles. The number of carbonyl (C=O) groups is 1. The van der Waals surface area contributed by atoms with Crippen molar-refractivity contribution in [3.8, 4) is 0 Å². The molecular weight excluding hydrogens is 194 g/mol. The Morgan fingerprint density at radius 1 is 1.77 bits per heavy atom. The minimum Gasteiger partial charge on any atom is -0.477 e. The lowest BCUT2D eigenvalue weighted by Gasteiger charge is -1.89. The highest BCUT2D eigenvalue weighted by Crippen LogP contribution is 2.22. The number of aromatic carboxylic acids is 1. The lowest BCUT2D eigenvalue weighted by atomic mass is 10.4. The number of aryl methyl sites for hydroxylation is 1. The van der Waals surface area contributed by atoms with Gasteiger partial charge in [0, 0.05) is 7.05 Å². The highest BCUT2D eigenvalue weighted by Gasteiger charge is 2.13. The van der Waals surface area contributed by atoms with Crippen molar-refractivity contribution in [2.75, 3.05) is 0 Å². The molecule has 0 fully saturated rings. The number of hydrogen-bond donors (Lipinski definition) is 2. The standard InChI is InChI=1S/C7H6ClN3O2/c1-11-5(8)3-2-4(7(12)13)9-6(3)10-11/h2H,1H3,(H,9,10)(H,12,13). The first-order chi connectivity index (χ1) is 6.09. The summed E-state index contributed by atoms with van der Waals surface area (Å²) in [6.07, 6.45) is 0. The van der Waals surface area contributed by atoms with Gasteiger partial charge in [-0.1, -0.05) is 11.6 Å². The summed E-state index contributed by atoms with van der Waals surface area (Å²) < 4.78 is 1.48. The molecule has 2 rings (SSSR count). The van der Waals surface area contributed by atoms with Crippen molar-refractivity contribution >= 4 is 28.6 Å². The fraction of sp³-hybridized carbons (Fsp3) is 0.143. The molecule has 0 atom stereocenters. The summed E-state index contributed by atoms with van der Waals surface area (Å²) >= 11 is 5.85. The van der Waals surface area contributed by atoms with Crippen molar-refractivity contribution < 1.29 is 9.90 Å². The second-order valence-corrected chi connectivity index (χ2v) is 3.02. The fourth-order valence-electron chi connectivity index (χ4n) is 1.16. The third kappa shape index (κ3) is 1.08. The van der Waals surface area contributed by atoms with Gasteiger partial charge in [-0.3, -0.25) is 4.68 Å². The molecule has 68 valence electrons. The Morgan fingerprint density at radius 2 is 2.46 bits per heavy atom. The smallest absolute Gasteiger partial charge is 0.352 e. The summed E-state index contributed by atoms with van der Waals surface area (Å²) in [5.41, 5.74) is 0.588. The van der Waals surface area contributed by atoms with Crippen LogP contribution >= 0.6 is 11.6 Å². The summed E-state index contributed by atoms with van der Waals surface area (Å²) in [6, 6.07) is 1.47. The molecule has 6 heteroatoms. The van der Waals surface area contributed by atoms with Crippen LogP contribution in [0.4, 0.5) is 0 Å². The van der Waals surface area contributed by atoms with Crippen molar-refractivity contribution in [2.45, 2.75) is 0 Å². The van der Waals surface area contributed by atoms with Crippen molar-refractivity contribution in [3.05, 3.63) is 16.9 Å². The zero-order valence-corrected chi connectivity index (χ0v) is 7.46. The maximum Gasteiger partial charge on any atom is 0.352 e. The Bertz CT molecular complexity index is 485. The summed E-state index contributed by atoms with van der Waals surface area (Å²) in [7, 11) is 1.69. The van der Waals surface area contributed by atoms with E-state index in [-0.39, 0.29) is 5.69 Å². The molecule has 2 aromatic rings. The Balaban J connectivity index is 2.72. The highest BCUT2D eigenvalue weighted by atomic mass is 35.5. The molecule has 0 radical (unpaired) electrons. The van der Waals surface area contributed by atoms with E-state index in [0.29, 0.717) is 16.2 Å². The number of nitrogens with zero attached hydrogens (tertiary/aromatic N) is 2. The minimum atomic E-state index is -1.02. The van der Waals surface area contributed by atoms with Gasteiger partial charge in [0.05, 0.1) is 5.39 Å². The lowest BCUT2D eigenvalue weighted by molar-refractivity contribution is 0.0691. The van der Waals surface area contributed by atoms with Gasteiger partial charge in [-0.05, 0) is 6.07 Å². The lowest BCUT2D eigenvalue weighted by Crippen LogP contribution is -1.96. The van der Waals surface area contributed by atoms with Crippen molar-refractivity contribution in [1.29, 1.82) is 0 Å². The van der Waals surface area contributed by atoms with Crippen molar-refractivity contribution in [2.24, 2.45) is 7.05 Å². The van der Waals surface area contributed by atoms with Crippen LogP contribution in [0.2, 0.25) is 5.15 Å². The minimum absolute atomic E-state index is 0.0972. The monoisotopic (exact) mass is 199 g/mol. The maximum absolute atomic E-state index is 10.6. The average molecular weight is 200 g/mol. The number of nitrogens with one attached hydrogen (secondary N) is 1. The molecule has 0 aromatic carbocycles.